The Bertz CT molecular complexity index is 731. The summed E-state index contributed by atoms with van der Waals surface area (Å²) >= 11 is 0. The van der Waals surface area contributed by atoms with Crippen LogP contribution in [0.4, 0.5) is 5.69 Å². The first-order valence-electron chi connectivity index (χ1n) is 8.91. The smallest absolute Gasteiger partial charge is 0.0754 e. The molecule has 2 atom stereocenters. The number of anilines is 1. The molecule has 24 heavy (non-hydrogen) atoms. The second kappa shape index (κ2) is 6.69. The maximum Gasteiger partial charge on any atom is 0.0754 e. The van der Waals surface area contributed by atoms with Crippen molar-refractivity contribution in [3.63, 3.8) is 0 Å². The largest absolute Gasteiger partial charge is 0.396 e. The Hall–Kier alpha value is -1.65. The van der Waals surface area contributed by atoms with E-state index in [0.29, 0.717) is 13.0 Å². The molecule has 0 unspecified atom stereocenters. The lowest BCUT2D eigenvalue weighted by molar-refractivity contribution is -0.0351. The molecule has 1 aromatic heterocycles. The summed E-state index contributed by atoms with van der Waals surface area (Å²) < 4.78 is 0. The molecule has 1 aromatic carbocycles. The average Bonchev–Trinajstić information content (AvgIpc) is 2.60. The summed E-state index contributed by atoms with van der Waals surface area (Å²) in [7, 11) is 0. The van der Waals surface area contributed by atoms with Crippen LogP contribution in [0.1, 0.15) is 37.3 Å². The van der Waals surface area contributed by atoms with Gasteiger partial charge < -0.3 is 15.1 Å². The molecule has 2 N–H and O–H groups in total. The quantitative estimate of drug-likeness (QED) is 0.905. The molecule has 2 heterocycles. The third kappa shape index (κ3) is 2.78. The zero-order valence-electron chi connectivity index (χ0n) is 14.9. The van der Waals surface area contributed by atoms with Crippen LogP contribution in [0, 0.1) is 19.3 Å². The van der Waals surface area contributed by atoms with Gasteiger partial charge in [-0.25, -0.2) is 0 Å². The fourth-order valence-corrected chi connectivity index (χ4v) is 4.05. The number of pyridine rings is 1. The minimum atomic E-state index is -0.434. The lowest BCUT2D eigenvalue weighted by Gasteiger charge is -2.46. The first-order chi connectivity index (χ1) is 11.5. The maximum atomic E-state index is 10.5. The van der Waals surface area contributed by atoms with E-state index in [1.807, 2.05) is 6.20 Å². The molecule has 130 valence electrons. The molecule has 1 fully saturated rings. The predicted octanol–water partition coefficient (Wildman–Crippen LogP) is 3.20. The van der Waals surface area contributed by atoms with Crippen molar-refractivity contribution in [1.82, 2.24) is 4.98 Å². The van der Waals surface area contributed by atoms with Gasteiger partial charge in [-0.2, -0.15) is 0 Å². The maximum absolute atomic E-state index is 10.5. The third-order valence-electron chi connectivity index (χ3n) is 5.70. The van der Waals surface area contributed by atoms with Gasteiger partial charge in [0.2, 0.25) is 0 Å². The number of aliphatic hydroxyl groups is 2. The molecule has 4 heteroatoms. The van der Waals surface area contributed by atoms with E-state index in [4.69, 9.17) is 0 Å². The highest BCUT2D eigenvalue weighted by Gasteiger charge is 2.42. The summed E-state index contributed by atoms with van der Waals surface area (Å²) in [5.41, 5.74) is 4.24. The van der Waals surface area contributed by atoms with Crippen molar-refractivity contribution in [3.05, 3.63) is 35.5 Å². The number of benzene rings is 1. The number of piperidine rings is 1. The van der Waals surface area contributed by atoms with E-state index in [0.717, 1.165) is 36.0 Å². The highest BCUT2D eigenvalue weighted by molar-refractivity contribution is 5.94. The van der Waals surface area contributed by atoms with E-state index in [1.165, 1.54) is 11.1 Å². The Morgan fingerprint density at radius 1 is 1.29 bits per heavy atom. The fraction of sp³-hybridized carbons (Fsp3) is 0.550. The lowest BCUT2D eigenvalue weighted by Crippen LogP contribution is -2.54. The number of aliphatic hydroxyl groups excluding tert-OH is 2. The van der Waals surface area contributed by atoms with Gasteiger partial charge in [0.1, 0.15) is 0 Å². The van der Waals surface area contributed by atoms with Gasteiger partial charge in [-0.15, -0.1) is 0 Å². The van der Waals surface area contributed by atoms with E-state index >= 15 is 0 Å². The van der Waals surface area contributed by atoms with Gasteiger partial charge in [0.25, 0.3) is 0 Å². The molecule has 0 saturated carbocycles. The van der Waals surface area contributed by atoms with E-state index in [2.05, 4.69) is 48.9 Å². The number of hydrogen-bond donors (Lipinski definition) is 2. The van der Waals surface area contributed by atoms with Crippen molar-refractivity contribution in [3.8, 4) is 0 Å². The van der Waals surface area contributed by atoms with Crippen LogP contribution in [-0.2, 0) is 0 Å². The summed E-state index contributed by atoms with van der Waals surface area (Å²) in [5.74, 6) is 0. The topological polar surface area (TPSA) is 56.6 Å². The molecule has 0 aliphatic carbocycles. The van der Waals surface area contributed by atoms with Crippen LogP contribution < -0.4 is 4.90 Å². The van der Waals surface area contributed by atoms with Gasteiger partial charge in [-0.05, 0) is 43.9 Å². The Balaban J connectivity index is 2.03. The van der Waals surface area contributed by atoms with Gasteiger partial charge >= 0.3 is 0 Å². The summed E-state index contributed by atoms with van der Waals surface area (Å²) in [5, 5.41) is 21.7. The second-order valence-corrected chi connectivity index (χ2v) is 7.23. The summed E-state index contributed by atoms with van der Waals surface area (Å²) in [6.45, 7) is 7.85. The Morgan fingerprint density at radius 3 is 2.79 bits per heavy atom. The predicted molar refractivity (Wildman–Crippen MR) is 98.5 cm³/mol. The van der Waals surface area contributed by atoms with Crippen LogP contribution in [0.3, 0.4) is 0 Å². The fourth-order valence-electron chi connectivity index (χ4n) is 4.05. The zero-order chi connectivity index (χ0) is 17.3. The molecule has 2 aromatic rings. The highest BCUT2D eigenvalue weighted by atomic mass is 16.3. The van der Waals surface area contributed by atoms with Crippen molar-refractivity contribution in [2.75, 3.05) is 24.6 Å². The van der Waals surface area contributed by atoms with Crippen LogP contribution in [0.5, 0.6) is 0 Å². The average molecular weight is 328 g/mol. The summed E-state index contributed by atoms with van der Waals surface area (Å²) in [4.78, 5) is 6.90. The summed E-state index contributed by atoms with van der Waals surface area (Å²) in [6, 6.07) is 6.35. The number of nitrogens with zero attached hydrogens (tertiary/aromatic N) is 2. The molecule has 0 spiro atoms. The summed E-state index contributed by atoms with van der Waals surface area (Å²) in [6.07, 6.45) is 3.92. The molecule has 0 amide bonds. The van der Waals surface area contributed by atoms with E-state index in [9.17, 15) is 10.2 Å². The first-order valence-corrected chi connectivity index (χ1v) is 8.91. The molecule has 0 radical (unpaired) electrons. The number of aromatic nitrogens is 1. The van der Waals surface area contributed by atoms with Gasteiger partial charge in [0.05, 0.1) is 18.2 Å². The van der Waals surface area contributed by atoms with E-state index in [1.54, 1.807) is 0 Å². The monoisotopic (exact) mass is 328 g/mol. The number of aryl methyl sites for hydroxylation is 2. The van der Waals surface area contributed by atoms with Crippen LogP contribution in [0.15, 0.2) is 24.4 Å². The molecular weight excluding hydrogens is 300 g/mol. The van der Waals surface area contributed by atoms with Crippen LogP contribution >= 0.6 is 0 Å². The highest BCUT2D eigenvalue weighted by Crippen LogP contribution is 2.38. The van der Waals surface area contributed by atoms with Gasteiger partial charge in [-0.3, -0.25) is 4.98 Å². The molecule has 1 saturated heterocycles. The van der Waals surface area contributed by atoms with Crippen LogP contribution in [0.2, 0.25) is 0 Å². The molecule has 1 aliphatic rings. The normalized spacial score (nSPS) is 24.5. The molecule has 1 aliphatic heterocycles. The lowest BCUT2D eigenvalue weighted by atomic mass is 9.74. The zero-order valence-corrected chi connectivity index (χ0v) is 14.9. The number of rotatable bonds is 4. The van der Waals surface area contributed by atoms with Crippen LogP contribution in [-0.4, -0.2) is 41.0 Å². The second-order valence-electron chi connectivity index (χ2n) is 7.23. The SMILES string of the molecule is CCC[C@]1(CO)CN(c2ccnc3c(C)c(C)ccc23)CC[C@H]1O. The molecule has 0 bridgehead atoms. The number of hydrogen-bond acceptors (Lipinski definition) is 4. The van der Waals surface area contributed by atoms with Crippen LogP contribution in [0.25, 0.3) is 10.9 Å². The first kappa shape index (κ1) is 17.2. The minimum Gasteiger partial charge on any atom is -0.396 e. The van der Waals surface area contributed by atoms with Gasteiger partial charge in [-0.1, -0.05) is 25.5 Å². The molecule has 3 rings (SSSR count). The van der Waals surface area contributed by atoms with E-state index < -0.39 is 11.5 Å². The van der Waals surface area contributed by atoms with Gasteiger partial charge in [0, 0.05) is 35.8 Å². The molecular formula is C20H28N2O2. The van der Waals surface area contributed by atoms with Crippen molar-refractivity contribution in [1.29, 1.82) is 0 Å². The Kier molecular flexibility index (Phi) is 4.79. The van der Waals surface area contributed by atoms with E-state index in [-0.39, 0.29) is 6.61 Å². The van der Waals surface area contributed by atoms with Crippen molar-refractivity contribution in [2.24, 2.45) is 5.41 Å². The van der Waals surface area contributed by atoms with Crippen molar-refractivity contribution in [2.45, 2.75) is 46.1 Å². The standard InChI is InChI=1S/C20H28N2O2/c1-4-9-20(13-23)12-22(11-8-18(20)24)17-7-10-21-19-15(3)14(2)5-6-16(17)19/h5-7,10,18,23-24H,4,8-9,11-13H2,1-3H3/t18-,20-/m1/s1. The van der Waals surface area contributed by atoms with Crippen molar-refractivity contribution >= 4 is 16.6 Å². The minimum absolute atomic E-state index is 0.0274. The third-order valence-corrected chi connectivity index (χ3v) is 5.70. The molecule has 4 nitrogen and oxygen atoms in total. The van der Waals surface area contributed by atoms with Crippen molar-refractivity contribution < 1.29 is 10.2 Å². The van der Waals surface area contributed by atoms with Gasteiger partial charge in [0.15, 0.2) is 0 Å². The number of fused-ring (bicyclic) bond motifs is 1. The Labute approximate surface area is 144 Å². The Morgan fingerprint density at radius 2 is 2.08 bits per heavy atom.